The fourth-order valence-corrected chi connectivity index (χ4v) is 0.232. The normalized spacial score (nSPS) is 10.7. The lowest BCUT2D eigenvalue weighted by atomic mass is 10.4. The molecule has 0 atom stereocenters. The van der Waals surface area contributed by atoms with E-state index >= 15 is 0 Å². The van der Waals surface area contributed by atoms with E-state index < -0.39 is 0 Å². The van der Waals surface area contributed by atoms with Crippen LogP contribution in [0.4, 0.5) is 0 Å². The first-order valence-corrected chi connectivity index (χ1v) is 2.23. The molecule has 0 aromatic heterocycles. The van der Waals surface area contributed by atoms with Gasteiger partial charge in [-0.25, -0.2) is 0 Å². The SMILES string of the molecule is N#C/C=C/C=C(/N)C#N. The summed E-state index contributed by atoms with van der Waals surface area (Å²) in [7, 11) is 0. The quantitative estimate of drug-likeness (QED) is 0.402. The Kier molecular flexibility index (Phi) is 3.57. The molecule has 0 fully saturated rings. The smallest absolute Gasteiger partial charge is 0.117 e. The van der Waals surface area contributed by atoms with Gasteiger partial charge in [-0.1, -0.05) is 0 Å². The minimum absolute atomic E-state index is 0.0986. The maximum absolute atomic E-state index is 8.07. The third kappa shape index (κ3) is 4.11. The van der Waals surface area contributed by atoms with Gasteiger partial charge in [-0.2, -0.15) is 10.5 Å². The first kappa shape index (κ1) is 7.26. The Labute approximate surface area is 53.3 Å². The molecule has 0 aromatic carbocycles. The van der Waals surface area contributed by atoms with Crippen molar-refractivity contribution >= 4 is 0 Å². The molecule has 0 aliphatic heterocycles. The Bertz CT molecular complexity index is 211. The standard InChI is InChI=1S/C6H5N3/c7-4-2-1-3-6(9)5-8/h1-3H,9H2/b2-1+,6-3+. The van der Waals surface area contributed by atoms with Gasteiger partial charge in [0, 0.05) is 6.08 Å². The molecule has 44 valence electrons. The Hall–Kier alpha value is -1.74. The van der Waals surface area contributed by atoms with E-state index in [4.69, 9.17) is 16.3 Å². The van der Waals surface area contributed by atoms with Gasteiger partial charge in [-0.3, -0.25) is 0 Å². The molecule has 3 nitrogen and oxygen atoms in total. The van der Waals surface area contributed by atoms with E-state index in [0.717, 1.165) is 0 Å². The van der Waals surface area contributed by atoms with Crippen molar-refractivity contribution in [3.63, 3.8) is 0 Å². The molecule has 0 heterocycles. The molecular weight excluding hydrogens is 114 g/mol. The zero-order chi connectivity index (χ0) is 7.11. The van der Waals surface area contributed by atoms with Gasteiger partial charge in [0.1, 0.15) is 11.8 Å². The number of rotatable bonds is 1. The van der Waals surface area contributed by atoms with Gasteiger partial charge in [-0.15, -0.1) is 0 Å². The molecule has 0 bridgehead atoms. The maximum Gasteiger partial charge on any atom is 0.117 e. The minimum Gasteiger partial charge on any atom is -0.390 e. The molecule has 2 N–H and O–H groups in total. The highest BCUT2D eigenvalue weighted by molar-refractivity contribution is 5.23. The predicted molar refractivity (Wildman–Crippen MR) is 32.6 cm³/mol. The average molecular weight is 119 g/mol. The number of hydrogen-bond acceptors (Lipinski definition) is 3. The summed E-state index contributed by atoms with van der Waals surface area (Å²) in [4.78, 5) is 0. The Morgan fingerprint density at radius 2 is 2.11 bits per heavy atom. The lowest BCUT2D eigenvalue weighted by Crippen LogP contribution is -1.90. The van der Waals surface area contributed by atoms with Crippen molar-refractivity contribution in [2.75, 3.05) is 0 Å². The van der Waals surface area contributed by atoms with E-state index in [1.165, 1.54) is 18.2 Å². The van der Waals surface area contributed by atoms with Crippen molar-refractivity contribution in [2.45, 2.75) is 0 Å². The first-order valence-electron chi connectivity index (χ1n) is 2.23. The molecule has 0 saturated heterocycles. The molecule has 0 aliphatic carbocycles. The minimum atomic E-state index is 0.0986. The van der Waals surface area contributed by atoms with Crippen LogP contribution in [0, 0.1) is 22.7 Å². The van der Waals surface area contributed by atoms with Gasteiger partial charge >= 0.3 is 0 Å². The summed E-state index contributed by atoms with van der Waals surface area (Å²) in [6.07, 6.45) is 4.02. The topological polar surface area (TPSA) is 73.6 Å². The van der Waals surface area contributed by atoms with Crippen molar-refractivity contribution < 1.29 is 0 Å². The van der Waals surface area contributed by atoms with Crippen molar-refractivity contribution in [1.82, 2.24) is 0 Å². The number of hydrogen-bond donors (Lipinski definition) is 1. The molecule has 0 aliphatic rings. The lowest BCUT2D eigenvalue weighted by molar-refractivity contribution is 1.39. The Balaban J connectivity index is 3.91. The monoisotopic (exact) mass is 119 g/mol. The van der Waals surface area contributed by atoms with Crippen molar-refractivity contribution in [3.8, 4) is 12.1 Å². The summed E-state index contributed by atoms with van der Waals surface area (Å²) in [5.74, 6) is 0. The van der Waals surface area contributed by atoms with Gasteiger partial charge < -0.3 is 5.73 Å². The van der Waals surface area contributed by atoms with Crippen LogP contribution in [0.1, 0.15) is 0 Å². The summed E-state index contributed by atoms with van der Waals surface area (Å²) < 4.78 is 0. The fourth-order valence-electron chi connectivity index (χ4n) is 0.232. The third-order valence-electron chi connectivity index (χ3n) is 0.576. The highest BCUT2D eigenvalue weighted by Gasteiger charge is 1.75. The van der Waals surface area contributed by atoms with Crippen LogP contribution in [-0.4, -0.2) is 0 Å². The molecule has 0 amide bonds. The largest absolute Gasteiger partial charge is 0.390 e. The molecule has 0 radical (unpaired) electrons. The number of nitriles is 2. The van der Waals surface area contributed by atoms with Crippen LogP contribution in [0.5, 0.6) is 0 Å². The van der Waals surface area contributed by atoms with Crippen molar-refractivity contribution in [1.29, 1.82) is 10.5 Å². The average Bonchev–Trinajstić information content (AvgIpc) is 1.89. The summed E-state index contributed by atoms with van der Waals surface area (Å²) in [5, 5.41) is 16.0. The van der Waals surface area contributed by atoms with Crippen molar-refractivity contribution in [3.05, 3.63) is 23.9 Å². The third-order valence-corrected chi connectivity index (χ3v) is 0.576. The van der Waals surface area contributed by atoms with Gasteiger partial charge in [-0.05, 0) is 12.2 Å². The molecule has 9 heavy (non-hydrogen) atoms. The Morgan fingerprint density at radius 1 is 1.44 bits per heavy atom. The fraction of sp³-hybridized carbons (Fsp3) is 0. The summed E-state index contributed by atoms with van der Waals surface area (Å²) in [6, 6.07) is 3.46. The van der Waals surface area contributed by atoms with Gasteiger partial charge in [0.15, 0.2) is 0 Å². The maximum atomic E-state index is 8.07. The second kappa shape index (κ2) is 4.42. The highest BCUT2D eigenvalue weighted by Crippen LogP contribution is 1.80. The van der Waals surface area contributed by atoms with Crippen LogP contribution in [0.15, 0.2) is 23.9 Å². The van der Waals surface area contributed by atoms with Crippen LogP contribution in [0.2, 0.25) is 0 Å². The van der Waals surface area contributed by atoms with E-state index in [1.807, 2.05) is 0 Å². The van der Waals surface area contributed by atoms with Crippen LogP contribution in [-0.2, 0) is 0 Å². The van der Waals surface area contributed by atoms with E-state index in [0.29, 0.717) is 0 Å². The van der Waals surface area contributed by atoms with E-state index in [-0.39, 0.29) is 5.70 Å². The number of allylic oxidation sites excluding steroid dienone is 4. The molecule has 0 unspecified atom stereocenters. The molecule has 0 saturated carbocycles. The highest BCUT2D eigenvalue weighted by atomic mass is 14.6. The van der Waals surface area contributed by atoms with E-state index in [1.54, 1.807) is 12.1 Å². The zero-order valence-electron chi connectivity index (χ0n) is 4.70. The van der Waals surface area contributed by atoms with Crippen LogP contribution in [0.3, 0.4) is 0 Å². The van der Waals surface area contributed by atoms with Gasteiger partial charge in [0.25, 0.3) is 0 Å². The van der Waals surface area contributed by atoms with Crippen LogP contribution < -0.4 is 5.73 Å². The number of nitrogens with two attached hydrogens (primary N) is 1. The second-order valence-electron chi connectivity index (χ2n) is 1.22. The molecule has 0 aromatic rings. The molecule has 0 spiro atoms. The lowest BCUT2D eigenvalue weighted by Gasteiger charge is -1.75. The van der Waals surface area contributed by atoms with Gasteiger partial charge in [0.2, 0.25) is 0 Å². The summed E-state index contributed by atoms with van der Waals surface area (Å²) >= 11 is 0. The summed E-state index contributed by atoms with van der Waals surface area (Å²) in [6.45, 7) is 0. The van der Waals surface area contributed by atoms with Gasteiger partial charge in [0.05, 0.1) is 6.07 Å². The first-order chi connectivity index (χ1) is 4.31. The van der Waals surface area contributed by atoms with E-state index in [9.17, 15) is 0 Å². The summed E-state index contributed by atoms with van der Waals surface area (Å²) in [5.41, 5.74) is 5.15. The van der Waals surface area contributed by atoms with E-state index in [2.05, 4.69) is 0 Å². The van der Waals surface area contributed by atoms with Crippen molar-refractivity contribution in [2.24, 2.45) is 5.73 Å². The number of nitrogens with zero attached hydrogens (tertiary/aromatic N) is 2. The Morgan fingerprint density at radius 3 is 2.56 bits per heavy atom. The predicted octanol–water partition coefficient (Wildman–Crippen LogP) is 0.432. The zero-order valence-corrected chi connectivity index (χ0v) is 4.70. The molecular formula is C6H5N3. The molecule has 0 rings (SSSR count). The van der Waals surface area contributed by atoms with Crippen LogP contribution in [0.25, 0.3) is 0 Å². The second-order valence-corrected chi connectivity index (χ2v) is 1.22. The molecule has 3 heteroatoms. The van der Waals surface area contributed by atoms with Crippen LogP contribution >= 0.6 is 0 Å².